The highest BCUT2D eigenvalue weighted by atomic mass is 16.2. The fourth-order valence-electron chi connectivity index (χ4n) is 3.42. The van der Waals surface area contributed by atoms with Gasteiger partial charge in [-0.15, -0.1) is 0 Å². The van der Waals surface area contributed by atoms with E-state index in [0.29, 0.717) is 18.6 Å². The lowest BCUT2D eigenvalue weighted by atomic mass is 9.67. The third-order valence-electron chi connectivity index (χ3n) is 4.64. The third-order valence-corrected chi connectivity index (χ3v) is 4.64. The molecule has 5 nitrogen and oxygen atoms in total. The largest absolute Gasteiger partial charge is 0.347 e. The molecule has 0 aromatic carbocycles. The van der Waals surface area contributed by atoms with Crippen LogP contribution >= 0.6 is 0 Å². The van der Waals surface area contributed by atoms with E-state index in [1.807, 2.05) is 0 Å². The highest BCUT2D eigenvalue weighted by Crippen LogP contribution is 2.40. The first-order valence-electron chi connectivity index (χ1n) is 7.39. The van der Waals surface area contributed by atoms with Crippen molar-refractivity contribution < 1.29 is 14.4 Å². The van der Waals surface area contributed by atoms with Gasteiger partial charge in [-0.1, -0.05) is 6.42 Å². The maximum absolute atomic E-state index is 12.4. The van der Waals surface area contributed by atoms with Gasteiger partial charge in [0.15, 0.2) is 0 Å². The second-order valence-corrected chi connectivity index (χ2v) is 6.38. The molecular formula is C15H24N2O3. The van der Waals surface area contributed by atoms with E-state index in [1.54, 1.807) is 21.1 Å². The van der Waals surface area contributed by atoms with Crippen molar-refractivity contribution in [3.63, 3.8) is 0 Å². The van der Waals surface area contributed by atoms with Gasteiger partial charge in [0.2, 0.25) is 11.8 Å². The number of rotatable bonds is 3. The van der Waals surface area contributed by atoms with Gasteiger partial charge in [0.1, 0.15) is 5.78 Å². The predicted molar refractivity (Wildman–Crippen MR) is 74.9 cm³/mol. The molecule has 0 aromatic heterocycles. The van der Waals surface area contributed by atoms with Crippen molar-refractivity contribution in [1.82, 2.24) is 9.80 Å². The topological polar surface area (TPSA) is 57.7 Å². The second-order valence-electron chi connectivity index (χ2n) is 6.38. The number of Topliss-reactive ketones (excluding diaryl/α,β-unsaturated/α-hetero) is 1. The first-order chi connectivity index (χ1) is 9.40. The first kappa shape index (κ1) is 15.0. The van der Waals surface area contributed by atoms with Crippen LogP contribution in [-0.2, 0) is 14.4 Å². The fraction of sp³-hybridized carbons (Fsp3) is 0.800. The van der Waals surface area contributed by atoms with E-state index < -0.39 is 0 Å². The van der Waals surface area contributed by atoms with Gasteiger partial charge in [0.25, 0.3) is 0 Å². The molecule has 0 radical (unpaired) electrons. The Morgan fingerprint density at radius 2 is 1.65 bits per heavy atom. The van der Waals surface area contributed by atoms with Gasteiger partial charge in [0.05, 0.1) is 6.54 Å². The van der Waals surface area contributed by atoms with Crippen LogP contribution in [0.4, 0.5) is 0 Å². The molecule has 2 saturated carbocycles. The van der Waals surface area contributed by atoms with Gasteiger partial charge in [-0.2, -0.15) is 0 Å². The van der Waals surface area contributed by atoms with Gasteiger partial charge >= 0.3 is 0 Å². The number of likely N-dealkylation sites (N-methyl/N-ethyl adjacent to an activating group) is 2. The van der Waals surface area contributed by atoms with Gasteiger partial charge in [-0.3, -0.25) is 14.4 Å². The number of fused-ring (bicyclic) bond motifs is 2. The minimum absolute atomic E-state index is 0.0181. The fourth-order valence-corrected chi connectivity index (χ4v) is 3.42. The van der Waals surface area contributed by atoms with E-state index in [4.69, 9.17) is 0 Å². The van der Waals surface area contributed by atoms with Crippen LogP contribution < -0.4 is 0 Å². The first-order valence-corrected chi connectivity index (χ1v) is 7.39. The quantitative estimate of drug-likeness (QED) is 0.772. The third kappa shape index (κ3) is 3.02. The number of hydrogen-bond acceptors (Lipinski definition) is 3. The highest BCUT2D eigenvalue weighted by Gasteiger charge is 2.42. The number of carbonyl (C=O) groups is 3. The lowest BCUT2D eigenvalue weighted by molar-refractivity contribution is -0.145. The smallest absolute Gasteiger partial charge is 0.241 e. The molecule has 2 amide bonds. The maximum Gasteiger partial charge on any atom is 0.241 e. The van der Waals surface area contributed by atoms with Gasteiger partial charge in [-0.25, -0.2) is 0 Å². The summed E-state index contributed by atoms with van der Waals surface area (Å²) in [5.41, 5.74) is 0. The van der Waals surface area contributed by atoms with Crippen LogP contribution in [0.25, 0.3) is 0 Å². The summed E-state index contributed by atoms with van der Waals surface area (Å²) in [6.07, 6.45) is 4.32. The normalized spacial score (nSPS) is 28.9. The zero-order chi connectivity index (χ0) is 14.9. The van der Waals surface area contributed by atoms with Crippen LogP contribution in [0.1, 0.15) is 32.1 Å². The molecule has 2 aliphatic carbocycles. The van der Waals surface area contributed by atoms with Crippen molar-refractivity contribution in [2.75, 3.05) is 27.7 Å². The Labute approximate surface area is 120 Å². The Balaban J connectivity index is 1.96. The van der Waals surface area contributed by atoms with Gasteiger partial charge < -0.3 is 9.80 Å². The molecular weight excluding hydrogens is 256 g/mol. The molecule has 2 bridgehead atoms. The van der Waals surface area contributed by atoms with E-state index in [2.05, 4.69) is 0 Å². The maximum atomic E-state index is 12.4. The van der Waals surface area contributed by atoms with Crippen molar-refractivity contribution in [3.8, 4) is 0 Å². The van der Waals surface area contributed by atoms with E-state index in [-0.39, 0.29) is 36.1 Å². The molecule has 0 spiro atoms. The molecule has 2 atom stereocenters. The van der Waals surface area contributed by atoms with Crippen LogP contribution in [0.3, 0.4) is 0 Å². The minimum atomic E-state index is -0.0806. The van der Waals surface area contributed by atoms with Crippen molar-refractivity contribution in [2.45, 2.75) is 32.1 Å². The molecule has 0 heterocycles. The Bertz CT molecular complexity index is 403. The predicted octanol–water partition coefficient (Wildman–Crippen LogP) is 0.928. The Morgan fingerprint density at radius 1 is 1.10 bits per heavy atom. The lowest BCUT2D eigenvalue weighted by Crippen LogP contribution is -2.45. The summed E-state index contributed by atoms with van der Waals surface area (Å²) in [7, 11) is 5.05. The number of hydrogen-bond donors (Lipinski definition) is 0. The molecule has 0 aliphatic heterocycles. The van der Waals surface area contributed by atoms with Crippen molar-refractivity contribution in [1.29, 1.82) is 0 Å². The summed E-state index contributed by atoms with van der Waals surface area (Å²) in [6.45, 7) is 0.117. The highest BCUT2D eigenvalue weighted by molar-refractivity contribution is 5.90. The van der Waals surface area contributed by atoms with Crippen LogP contribution in [0.5, 0.6) is 0 Å². The Morgan fingerprint density at radius 3 is 2.15 bits per heavy atom. The van der Waals surface area contributed by atoms with Crippen LogP contribution in [0.2, 0.25) is 0 Å². The van der Waals surface area contributed by atoms with Crippen LogP contribution in [0.15, 0.2) is 0 Å². The molecule has 2 rings (SSSR count). The monoisotopic (exact) mass is 280 g/mol. The lowest BCUT2D eigenvalue weighted by Gasteiger charge is -2.38. The number of carbonyl (C=O) groups excluding carboxylic acids is 3. The standard InChI is InChI=1S/C15H24N2O3/c1-16(2)13(18)9-17(3)15(20)12-7-10-5-4-6-11(8-12)14(10)19/h10-12H,4-9H2,1-3H3. The summed E-state index contributed by atoms with van der Waals surface area (Å²) in [5.74, 6) is 0.386. The van der Waals surface area contributed by atoms with Crippen LogP contribution in [-0.4, -0.2) is 55.1 Å². The van der Waals surface area contributed by atoms with E-state index in [1.165, 1.54) is 9.80 Å². The van der Waals surface area contributed by atoms with Crippen molar-refractivity contribution >= 4 is 17.6 Å². The van der Waals surface area contributed by atoms with Gasteiger partial charge in [-0.05, 0) is 25.7 Å². The second kappa shape index (κ2) is 5.94. The molecule has 2 fully saturated rings. The number of ketones is 1. The summed E-state index contributed by atoms with van der Waals surface area (Å²) in [5, 5.41) is 0. The summed E-state index contributed by atoms with van der Waals surface area (Å²) < 4.78 is 0. The average Bonchev–Trinajstić information content (AvgIpc) is 2.37. The molecule has 0 aromatic rings. The zero-order valence-electron chi connectivity index (χ0n) is 12.6. The molecule has 20 heavy (non-hydrogen) atoms. The molecule has 0 saturated heterocycles. The SMILES string of the molecule is CN(C)C(=O)CN(C)C(=O)C1CC2CCCC(C1)C2=O. The number of amides is 2. The van der Waals surface area contributed by atoms with Crippen molar-refractivity contribution in [3.05, 3.63) is 0 Å². The summed E-state index contributed by atoms with van der Waals surface area (Å²) in [6, 6.07) is 0. The zero-order valence-corrected chi connectivity index (χ0v) is 12.6. The Hall–Kier alpha value is -1.39. The van der Waals surface area contributed by atoms with Gasteiger partial charge in [0, 0.05) is 38.9 Å². The molecule has 112 valence electrons. The molecule has 2 aliphatic rings. The summed E-state index contributed by atoms with van der Waals surface area (Å²) in [4.78, 5) is 39.1. The van der Waals surface area contributed by atoms with E-state index in [0.717, 1.165) is 19.3 Å². The summed E-state index contributed by atoms with van der Waals surface area (Å²) >= 11 is 0. The molecule has 5 heteroatoms. The van der Waals surface area contributed by atoms with Crippen molar-refractivity contribution in [2.24, 2.45) is 17.8 Å². The van der Waals surface area contributed by atoms with E-state index in [9.17, 15) is 14.4 Å². The molecule has 0 N–H and O–H groups in total. The van der Waals surface area contributed by atoms with E-state index >= 15 is 0 Å². The Kier molecular flexibility index (Phi) is 4.45. The number of nitrogens with zero attached hydrogens (tertiary/aromatic N) is 2. The minimum Gasteiger partial charge on any atom is -0.347 e. The molecule has 2 unspecified atom stereocenters. The average molecular weight is 280 g/mol. The van der Waals surface area contributed by atoms with Crippen LogP contribution in [0, 0.1) is 17.8 Å².